The molecule has 1 atom stereocenters. The number of rotatable bonds is 9. The Morgan fingerprint density at radius 1 is 1.11 bits per heavy atom. The van der Waals surface area contributed by atoms with Gasteiger partial charge in [-0.25, -0.2) is 14.4 Å². The molecule has 192 valence electrons. The summed E-state index contributed by atoms with van der Waals surface area (Å²) in [5.74, 6) is -0.552. The number of amides is 4. The highest BCUT2D eigenvalue weighted by molar-refractivity contribution is 6.36. The maximum Gasteiger partial charge on any atom is 0.338 e. The molecule has 1 aliphatic heterocycles. The molecule has 0 spiro atoms. The van der Waals surface area contributed by atoms with E-state index in [1.807, 2.05) is 6.92 Å². The molecule has 3 N–H and O–H groups in total. The van der Waals surface area contributed by atoms with Crippen LogP contribution in [0.1, 0.15) is 31.9 Å². The largest absolute Gasteiger partial charge is 0.460 e. The number of anilines is 2. The highest BCUT2D eigenvalue weighted by atomic mass is 35.5. The average Bonchev–Trinajstić information content (AvgIpc) is 2.83. The number of methoxy groups -OCH3 is 1. The molecule has 0 bridgehead atoms. The molecule has 0 fully saturated rings. The second-order valence-electron chi connectivity index (χ2n) is 7.99. The van der Waals surface area contributed by atoms with Crippen molar-refractivity contribution in [3.63, 3.8) is 0 Å². The van der Waals surface area contributed by atoms with Crippen LogP contribution in [0.25, 0.3) is 0 Å². The van der Waals surface area contributed by atoms with Gasteiger partial charge in [-0.15, -0.1) is 0 Å². The second kappa shape index (κ2) is 12.6. The first-order valence-corrected chi connectivity index (χ1v) is 12.1. The third-order valence-electron chi connectivity index (χ3n) is 5.44. The molecule has 0 saturated heterocycles. The minimum atomic E-state index is -0.767. The van der Waals surface area contributed by atoms with E-state index < -0.39 is 18.0 Å². The van der Waals surface area contributed by atoms with Gasteiger partial charge in [-0.1, -0.05) is 42.3 Å². The molecule has 3 rings (SSSR count). The highest BCUT2D eigenvalue weighted by Gasteiger charge is 2.36. The van der Waals surface area contributed by atoms with Crippen molar-refractivity contribution >= 4 is 52.6 Å². The van der Waals surface area contributed by atoms with Gasteiger partial charge in [0.15, 0.2) is 0 Å². The van der Waals surface area contributed by atoms with Crippen LogP contribution >= 0.6 is 23.2 Å². The van der Waals surface area contributed by atoms with Crippen molar-refractivity contribution in [3.8, 4) is 0 Å². The summed E-state index contributed by atoms with van der Waals surface area (Å²) in [5.41, 5.74) is 2.27. The van der Waals surface area contributed by atoms with Gasteiger partial charge in [0, 0.05) is 30.1 Å². The van der Waals surface area contributed by atoms with Crippen LogP contribution in [0.15, 0.2) is 53.7 Å². The maximum absolute atomic E-state index is 13.0. The number of esters is 1. The summed E-state index contributed by atoms with van der Waals surface area (Å²) in [6, 6.07) is 9.96. The number of allylic oxidation sites excluding steroid dienone is 1. The number of urea groups is 2. The molecular weight excluding hydrogens is 507 g/mol. The predicted octanol–water partition coefficient (Wildman–Crippen LogP) is 5.58. The van der Waals surface area contributed by atoms with Gasteiger partial charge in [0.05, 0.1) is 28.9 Å². The van der Waals surface area contributed by atoms with Gasteiger partial charge in [-0.05, 0) is 49.2 Å². The zero-order chi connectivity index (χ0) is 26.2. The van der Waals surface area contributed by atoms with E-state index in [0.29, 0.717) is 51.2 Å². The zero-order valence-electron chi connectivity index (χ0n) is 20.2. The number of carbonyl (C=O) groups excluding carboxylic acids is 3. The molecule has 0 aliphatic carbocycles. The van der Waals surface area contributed by atoms with Gasteiger partial charge in [0.25, 0.3) is 0 Å². The Hall–Kier alpha value is -3.27. The number of halogens is 2. The zero-order valence-corrected chi connectivity index (χ0v) is 21.7. The van der Waals surface area contributed by atoms with Crippen molar-refractivity contribution in [3.05, 3.63) is 69.3 Å². The molecule has 2 aromatic rings. The Kier molecular flexibility index (Phi) is 9.58. The second-order valence-corrected chi connectivity index (χ2v) is 8.83. The van der Waals surface area contributed by atoms with Gasteiger partial charge in [-0.3, -0.25) is 4.90 Å². The van der Waals surface area contributed by atoms with E-state index >= 15 is 0 Å². The first kappa shape index (κ1) is 27.3. The van der Waals surface area contributed by atoms with Crippen molar-refractivity contribution in [1.82, 2.24) is 10.2 Å². The van der Waals surface area contributed by atoms with Gasteiger partial charge >= 0.3 is 18.0 Å². The first-order chi connectivity index (χ1) is 17.2. The number of hydrogen-bond acceptors (Lipinski definition) is 5. The van der Waals surface area contributed by atoms with Crippen molar-refractivity contribution < 1.29 is 23.9 Å². The molecule has 11 heteroatoms. The lowest BCUT2D eigenvalue weighted by Gasteiger charge is -2.35. The fourth-order valence-electron chi connectivity index (χ4n) is 3.76. The van der Waals surface area contributed by atoms with Crippen molar-refractivity contribution in [2.24, 2.45) is 0 Å². The van der Waals surface area contributed by atoms with E-state index in [-0.39, 0.29) is 19.2 Å². The molecule has 9 nitrogen and oxygen atoms in total. The van der Waals surface area contributed by atoms with Crippen LogP contribution in [0, 0.1) is 0 Å². The molecule has 1 aliphatic rings. The quantitative estimate of drug-likeness (QED) is 0.287. The lowest BCUT2D eigenvalue weighted by Crippen LogP contribution is -2.48. The summed E-state index contributed by atoms with van der Waals surface area (Å²) in [6.45, 7) is 4.45. The van der Waals surface area contributed by atoms with Crippen LogP contribution in [0.4, 0.5) is 21.0 Å². The van der Waals surface area contributed by atoms with Gasteiger partial charge < -0.3 is 25.4 Å². The lowest BCUT2D eigenvalue weighted by molar-refractivity contribution is -0.140. The van der Waals surface area contributed by atoms with Crippen molar-refractivity contribution in [2.75, 3.05) is 37.5 Å². The fraction of sp³-hybridized carbons (Fsp3) is 0.320. The minimum Gasteiger partial charge on any atom is -0.460 e. The molecule has 0 saturated carbocycles. The monoisotopic (exact) mass is 534 g/mol. The summed E-state index contributed by atoms with van der Waals surface area (Å²) >= 11 is 12.0. The van der Waals surface area contributed by atoms with Crippen LogP contribution in [0.5, 0.6) is 0 Å². The highest BCUT2D eigenvalue weighted by Crippen LogP contribution is 2.33. The van der Waals surface area contributed by atoms with Gasteiger partial charge in [-0.2, -0.15) is 0 Å². The number of carbonyl (C=O) groups is 3. The summed E-state index contributed by atoms with van der Waals surface area (Å²) in [5, 5.41) is 9.04. The summed E-state index contributed by atoms with van der Waals surface area (Å²) < 4.78 is 10.4. The van der Waals surface area contributed by atoms with Gasteiger partial charge in [0.2, 0.25) is 0 Å². The summed E-state index contributed by atoms with van der Waals surface area (Å²) in [4.78, 5) is 39.9. The van der Waals surface area contributed by atoms with E-state index in [0.717, 1.165) is 0 Å². The topological polar surface area (TPSA) is 109 Å². The third-order valence-corrected chi connectivity index (χ3v) is 5.99. The fourth-order valence-corrected chi connectivity index (χ4v) is 4.21. The van der Waals surface area contributed by atoms with E-state index in [4.69, 9.17) is 32.7 Å². The average molecular weight is 535 g/mol. The number of hydrogen-bond donors (Lipinski definition) is 3. The van der Waals surface area contributed by atoms with Crippen LogP contribution < -0.4 is 16.0 Å². The van der Waals surface area contributed by atoms with Crippen LogP contribution in [0.2, 0.25) is 10.0 Å². The Morgan fingerprint density at radius 3 is 2.58 bits per heavy atom. The van der Waals surface area contributed by atoms with E-state index in [2.05, 4.69) is 16.0 Å². The van der Waals surface area contributed by atoms with Crippen LogP contribution in [-0.4, -0.2) is 49.8 Å². The van der Waals surface area contributed by atoms with E-state index in [1.54, 1.807) is 43.3 Å². The number of nitrogens with one attached hydrogen (secondary N) is 3. The van der Waals surface area contributed by atoms with E-state index in [1.165, 1.54) is 18.1 Å². The molecule has 1 unspecified atom stereocenters. The first-order valence-electron chi connectivity index (χ1n) is 11.3. The normalized spacial score (nSPS) is 15.4. The number of nitrogens with zero attached hydrogens (tertiary/aromatic N) is 1. The maximum atomic E-state index is 13.0. The Morgan fingerprint density at radius 2 is 1.89 bits per heavy atom. The smallest absolute Gasteiger partial charge is 0.338 e. The SMILES string of the molecule is CCCN1C(=O)NC(c2cccc(NC(=O)Nc3ccc(Cl)cc3Cl)c2)C(C(=O)OCCOC)=C1C. The molecule has 4 amide bonds. The predicted molar refractivity (Wildman–Crippen MR) is 139 cm³/mol. The Balaban J connectivity index is 1.85. The molecule has 2 aromatic carbocycles. The lowest BCUT2D eigenvalue weighted by atomic mass is 9.94. The van der Waals surface area contributed by atoms with Gasteiger partial charge in [0.1, 0.15) is 6.61 Å². The summed E-state index contributed by atoms with van der Waals surface area (Å²) in [7, 11) is 1.51. The number of benzene rings is 2. The Labute approximate surface area is 219 Å². The van der Waals surface area contributed by atoms with E-state index in [9.17, 15) is 14.4 Å². The van der Waals surface area contributed by atoms with Crippen LogP contribution in [0.3, 0.4) is 0 Å². The minimum absolute atomic E-state index is 0.0790. The van der Waals surface area contributed by atoms with Crippen molar-refractivity contribution in [2.45, 2.75) is 26.3 Å². The molecule has 1 heterocycles. The molecule has 0 aromatic heterocycles. The third kappa shape index (κ3) is 6.69. The number of ether oxygens (including phenoxy) is 2. The van der Waals surface area contributed by atoms with Crippen molar-refractivity contribution in [1.29, 1.82) is 0 Å². The Bertz CT molecular complexity index is 1170. The standard InChI is InChI=1S/C25H28Cl2N4O5/c1-4-10-31-15(2)21(23(32)36-12-11-35-3)22(30-25(31)34)16-6-5-7-18(13-16)28-24(33)29-20-9-8-17(26)14-19(20)27/h5-9,13-14,22H,4,10-12H2,1-3H3,(H,30,34)(H2,28,29,33). The van der Waals surface area contributed by atoms with Crippen LogP contribution in [-0.2, 0) is 14.3 Å². The summed E-state index contributed by atoms with van der Waals surface area (Å²) in [6.07, 6.45) is 0.716. The molecule has 36 heavy (non-hydrogen) atoms. The molecule has 0 radical (unpaired) electrons. The molecular formula is C25H28Cl2N4O5.